The van der Waals surface area contributed by atoms with Gasteiger partial charge in [0.25, 0.3) is 11.9 Å². The number of nitrogens with one attached hydrogen (secondary N) is 2. The fraction of sp³-hybridized carbons (Fsp3) is 0.259. The molecule has 35 heavy (non-hydrogen) atoms. The van der Waals surface area contributed by atoms with E-state index < -0.39 is 0 Å². The summed E-state index contributed by atoms with van der Waals surface area (Å²) >= 11 is 0. The van der Waals surface area contributed by atoms with Gasteiger partial charge in [0.1, 0.15) is 17.9 Å². The molecule has 1 aliphatic rings. The molecule has 0 spiro atoms. The van der Waals surface area contributed by atoms with E-state index in [1.807, 2.05) is 60.7 Å². The van der Waals surface area contributed by atoms with E-state index in [2.05, 4.69) is 20.5 Å². The molecule has 8 nitrogen and oxygen atoms in total. The van der Waals surface area contributed by atoms with Crippen molar-refractivity contribution in [2.24, 2.45) is 0 Å². The first-order chi connectivity index (χ1) is 17.2. The lowest BCUT2D eigenvalue weighted by Gasteiger charge is -2.26. The predicted molar refractivity (Wildman–Crippen MR) is 135 cm³/mol. The number of rotatable bonds is 9. The lowest BCUT2D eigenvalue weighted by atomic mass is 10.1. The quantitative estimate of drug-likeness (QED) is 0.373. The maximum Gasteiger partial charge on any atom is 0.295 e. The van der Waals surface area contributed by atoms with Crippen LogP contribution in [-0.2, 0) is 11.3 Å². The molecule has 4 aromatic rings. The van der Waals surface area contributed by atoms with E-state index in [1.54, 1.807) is 12.1 Å². The molecule has 0 atom stereocenters. The first kappa shape index (κ1) is 22.9. The highest BCUT2D eigenvalue weighted by molar-refractivity contribution is 6.04. The van der Waals surface area contributed by atoms with Gasteiger partial charge in [-0.15, -0.1) is 0 Å². The average Bonchev–Trinajstić information content (AvgIpc) is 3.31. The zero-order chi connectivity index (χ0) is 23.9. The molecule has 0 saturated carbocycles. The van der Waals surface area contributed by atoms with Gasteiger partial charge in [-0.3, -0.25) is 9.69 Å². The van der Waals surface area contributed by atoms with Crippen molar-refractivity contribution in [1.82, 2.24) is 9.88 Å². The summed E-state index contributed by atoms with van der Waals surface area (Å²) in [5.41, 5.74) is 3.77. The minimum atomic E-state index is -0.141. The molecule has 1 aliphatic heterocycles. The Balaban J connectivity index is 1.15. The van der Waals surface area contributed by atoms with E-state index in [9.17, 15) is 4.79 Å². The third-order valence-electron chi connectivity index (χ3n) is 5.80. The molecule has 180 valence electrons. The Labute approximate surface area is 203 Å². The van der Waals surface area contributed by atoms with Gasteiger partial charge < -0.3 is 24.5 Å². The molecule has 0 unspecified atom stereocenters. The number of hydrogen-bond donors (Lipinski definition) is 2. The summed E-state index contributed by atoms with van der Waals surface area (Å²) in [4.78, 5) is 19.3. The number of anilines is 2. The number of fused-ring (bicyclic) bond motifs is 1. The van der Waals surface area contributed by atoms with Crippen LogP contribution in [0.3, 0.4) is 0 Å². The van der Waals surface area contributed by atoms with Crippen LogP contribution in [0.4, 0.5) is 11.7 Å². The molecule has 5 rings (SSSR count). The van der Waals surface area contributed by atoms with Gasteiger partial charge in [-0.25, -0.2) is 0 Å². The molecule has 2 heterocycles. The summed E-state index contributed by atoms with van der Waals surface area (Å²) in [7, 11) is 0. The normalized spacial score (nSPS) is 14.1. The highest BCUT2D eigenvalue weighted by Gasteiger charge is 2.11. The predicted octanol–water partition coefficient (Wildman–Crippen LogP) is 4.40. The minimum Gasteiger partial charge on any atom is -0.492 e. The zero-order valence-electron chi connectivity index (χ0n) is 19.4. The number of morpholine rings is 1. The number of nitrogens with zero attached hydrogens (tertiary/aromatic N) is 2. The number of hydrogen-bond acceptors (Lipinski definition) is 7. The van der Waals surface area contributed by atoms with Crippen molar-refractivity contribution in [1.29, 1.82) is 0 Å². The Morgan fingerprint density at radius 2 is 1.86 bits per heavy atom. The van der Waals surface area contributed by atoms with Crippen LogP contribution in [-0.4, -0.2) is 55.2 Å². The van der Waals surface area contributed by atoms with Crippen molar-refractivity contribution in [3.63, 3.8) is 0 Å². The van der Waals surface area contributed by atoms with Gasteiger partial charge >= 0.3 is 0 Å². The van der Waals surface area contributed by atoms with E-state index in [-0.39, 0.29) is 5.91 Å². The van der Waals surface area contributed by atoms with Crippen LogP contribution in [0.25, 0.3) is 11.1 Å². The Morgan fingerprint density at radius 1 is 1.00 bits per heavy atom. The van der Waals surface area contributed by atoms with Crippen molar-refractivity contribution < 1.29 is 18.7 Å². The molecule has 0 bridgehead atoms. The number of carbonyl (C=O) groups excluding carboxylic acids is 1. The van der Waals surface area contributed by atoms with Gasteiger partial charge in [-0.1, -0.05) is 30.3 Å². The van der Waals surface area contributed by atoms with E-state index in [0.29, 0.717) is 30.3 Å². The zero-order valence-corrected chi connectivity index (χ0v) is 19.4. The minimum absolute atomic E-state index is 0.141. The maximum atomic E-state index is 12.4. The molecule has 1 saturated heterocycles. The molecule has 2 N–H and O–H groups in total. The van der Waals surface area contributed by atoms with Gasteiger partial charge in [0.2, 0.25) is 0 Å². The van der Waals surface area contributed by atoms with Gasteiger partial charge in [0.15, 0.2) is 5.58 Å². The maximum absolute atomic E-state index is 12.4. The largest absolute Gasteiger partial charge is 0.492 e. The summed E-state index contributed by atoms with van der Waals surface area (Å²) in [6.45, 7) is 5.45. The SMILES string of the molecule is O=C(Nc1cccc(CNc2nc3ccc(OCCN4CCOCC4)cc3o2)c1)c1ccccc1. The van der Waals surface area contributed by atoms with Crippen molar-refractivity contribution in [3.8, 4) is 5.75 Å². The first-order valence-electron chi connectivity index (χ1n) is 11.8. The van der Waals surface area contributed by atoms with E-state index in [0.717, 1.165) is 55.4 Å². The molecular weight excluding hydrogens is 444 g/mol. The van der Waals surface area contributed by atoms with Crippen molar-refractivity contribution in [3.05, 3.63) is 83.9 Å². The molecule has 8 heteroatoms. The highest BCUT2D eigenvalue weighted by atomic mass is 16.5. The number of benzene rings is 3. The lowest BCUT2D eigenvalue weighted by Crippen LogP contribution is -2.38. The monoisotopic (exact) mass is 472 g/mol. The number of aromatic nitrogens is 1. The fourth-order valence-electron chi connectivity index (χ4n) is 3.92. The van der Waals surface area contributed by atoms with Crippen LogP contribution < -0.4 is 15.4 Å². The lowest BCUT2D eigenvalue weighted by molar-refractivity contribution is 0.0322. The van der Waals surface area contributed by atoms with Crippen LogP contribution in [0.1, 0.15) is 15.9 Å². The summed E-state index contributed by atoms with van der Waals surface area (Å²) < 4.78 is 17.2. The number of ether oxygens (including phenoxy) is 2. The second-order valence-electron chi connectivity index (χ2n) is 8.33. The summed E-state index contributed by atoms with van der Waals surface area (Å²) in [5.74, 6) is 0.618. The topological polar surface area (TPSA) is 88.9 Å². The second kappa shape index (κ2) is 11.0. The summed E-state index contributed by atoms with van der Waals surface area (Å²) in [6, 6.07) is 22.9. The second-order valence-corrected chi connectivity index (χ2v) is 8.33. The Bertz CT molecular complexity index is 1270. The Kier molecular flexibility index (Phi) is 7.21. The molecular formula is C27H28N4O4. The van der Waals surface area contributed by atoms with Crippen molar-refractivity contribution >= 4 is 28.7 Å². The number of amides is 1. The third-order valence-corrected chi connectivity index (χ3v) is 5.80. The molecule has 0 aliphatic carbocycles. The van der Waals surface area contributed by atoms with Crippen LogP contribution in [0.5, 0.6) is 5.75 Å². The van der Waals surface area contributed by atoms with Crippen LogP contribution >= 0.6 is 0 Å². The number of carbonyl (C=O) groups is 1. The van der Waals surface area contributed by atoms with Crippen LogP contribution in [0, 0.1) is 0 Å². The molecule has 1 fully saturated rings. The van der Waals surface area contributed by atoms with E-state index >= 15 is 0 Å². The summed E-state index contributed by atoms with van der Waals surface area (Å²) in [6.07, 6.45) is 0. The fourth-order valence-corrected chi connectivity index (χ4v) is 3.92. The van der Waals surface area contributed by atoms with Crippen molar-refractivity contribution in [2.75, 3.05) is 50.1 Å². The number of oxazole rings is 1. The summed E-state index contributed by atoms with van der Waals surface area (Å²) in [5, 5.41) is 6.15. The molecule has 3 aromatic carbocycles. The molecule has 0 radical (unpaired) electrons. The molecule has 1 amide bonds. The van der Waals surface area contributed by atoms with Crippen molar-refractivity contribution in [2.45, 2.75) is 6.54 Å². The smallest absolute Gasteiger partial charge is 0.295 e. The highest BCUT2D eigenvalue weighted by Crippen LogP contribution is 2.24. The van der Waals surface area contributed by atoms with Gasteiger partial charge in [0, 0.05) is 43.5 Å². The molecule has 1 aromatic heterocycles. The van der Waals surface area contributed by atoms with Gasteiger partial charge in [-0.2, -0.15) is 4.98 Å². The Morgan fingerprint density at radius 3 is 2.71 bits per heavy atom. The average molecular weight is 473 g/mol. The van der Waals surface area contributed by atoms with E-state index in [1.165, 1.54) is 0 Å². The van der Waals surface area contributed by atoms with Crippen LogP contribution in [0.2, 0.25) is 0 Å². The van der Waals surface area contributed by atoms with Gasteiger partial charge in [0.05, 0.1) is 13.2 Å². The standard InChI is InChI=1S/C27H28N4O4/c32-26(21-6-2-1-3-7-21)29-22-8-4-5-20(17-22)19-28-27-30-24-10-9-23(18-25(24)35-27)34-16-13-31-11-14-33-15-12-31/h1-10,17-18H,11-16,19H2,(H,28,30)(H,29,32). The first-order valence-corrected chi connectivity index (χ1v) is 11.8. The van der Waals surface area contributed by atoms with E-state index in [4.69, 9.17) is 13.9 Å². The Hall–Kier alpha value is -3.88. The van der Waals surface area contributed by atoms with Crippen LogP contribution in [0.15, 0.2) is 77.2 Å². The third kappa shape index (κ3) is 6.17. The van der Waals surface area contributed by atoms with Gasteiger partial charge in [-0.05, 0) is 42.0 Å².